The number of nitrogens with one attached hydrogen (secondary N) is 1. The molecule has 0 radical (unpaired) electrons. The van der Waals surface area contributed by atoms with Gasteiger partial charge in [-0.15, -0.1) is 5.10 Å². The number of aromatic nitrogens is 2. The molecule has 1 heterocycles. The first-order valence-corrected chi connectivity index (χ1v) is 7.84. The zero-order chi connectivity index (χ0) is 16.4. The van der Waals surface area contributed by atoms with E-state index in [-0.39, 0.29) is 6.01 Å². The third-order valence-electron chi connectivity index (χ3n) is 3.65. The minimum atomic E-state index is -0.404. The zero-order valence-corrected chi connectivity index (χ0v) is 14.2. The molecular weight excluding hydrogens is 333 g/mol. The molecule has 0 atom stereocenters. The summed E-state index contributed by atoms with van der Waals surface area (Å²) in [6.07, 6.45) is 0. The summed E-state index contributed by atoms with van der Waals surface area (Å²) in [5.74, 6) is 0.509. The molecule has 0 bridgehead atoms. The highest BCUT2D eigenvalue weighted by atomic mass is 35.5. The fourth-order valence-electron chi connectivity index (χ4n) is 2.23. The van der Waals surface area contributed by atoms with E-state index >= 15 is 0 Å². The van der Waals surface area contributed by atoms with Gasteiger partial charge < -0.3 is 9.73 Å². The van der Waals surface area contributed by atoms with Gasteiger partial charge in [0.25, 0.3) is 0 Å². The predicted molar refractivity (Wildman–Crippen MR) is 92.6 cm³/mol. The Kier molecular flexibility index (Phi) is 4.28. The molecule has 118 valence electrons. The van der Waals surface area contributed by atoms with Gasteiger partial charge in [0.1, 0.15) is 0 Å². The Morgan fingerprint density at radius 2 is 1.57 bits per heavy atom. The fraction of sp³-hybridized carbons (Fsp3) is 0.176. The second-order valence-corrected chi connectivity index (χ2v) is 6.44. The lowest BCUT2D eigenvalue weighted by Crippen LogP contribution is -2.19. The van der Waals surface area contributed by atoms with Crippen LogP contribution in [0.3, 0.4) is 0 Å². The smallest absolute Gasteiger partial charge is 0.320 e. The fourth-order valence-corrected chi connectivity index (χ4v) is 2.72. The first kappa shape index (κ1) is 15.8. The molecule has 0 aliphatic heterocycles. The molecule has 3 aromatic rings. The van der Waals surface area contributed by atoms with E-state index in [1.54, 1.807) is 18.2 Å². The summed E-state index contributed by atoms with van der Waals surface area (Å²) in [6, 6.07) is 15.5. The van der Waals surface area contributed by atoms with Crippen molar-refractivity contribution in [3.8, 4) is 0 Å². The lowest BCUT2D eigenvalue weighted by molar-refractivity contribution is 0.422. The standard InChI is InChI=1S/C17H15Cl2N3O/c1-17(2,11-7-4-3-5-8-11)15-21-22-16(23-15)20-14-12(18)9-6-10-13(14)19/h3-10H,1-2H3,(H,20,22). The number of rotatable bonds is 4. The minimum absolute atomic E-state index is 0.249. The van der Waals surface area contributed by atoms with Crippen molar-refractivity contribution in [3.63, 3.8) is 0 Å². The Morgan fingerprint density at radius 3 is 2.22 bits per heavy atom. The van der Waals surface area contributed by atoms with Crippen molar-refractivity contribution in [1.82, 2.24) is 10.2 Å². The van der Waals surface area contributed by atoms with Crippen molar-refractivity contribution in [2.24, 2.45) is 0 Å². The highest BCUT2D eigenvalue weighted by Crippen LogP contribution is 2.34. The van der Waals surface area contributed by atoms with Gasteiger partial charge in [-0.3, -0.25) is 0 Å². The molecular formula is C17H15Cl2N3O. The summed E-state index contributed by atoms with van der Waals surface area (Å²) < 4.78 is 5.77. The number of anilines is 2. The van der Waals surface area contributed by atoms with Crippen LogP contribution in [0.15, 0.2) is 52.9 Å². The summed E-state index contributed by atoms with van der Waals surface area (Å²) >= 11 is 12.3. The first-order chi connectivity index (χ1) is 11.0. The van der Waals surface area contributed by atoms with Crippen molar-refractivity contribution in [1.29, 1.82) is 0 Å². The van der Waals surface area contributed by atoms with Crippen LogP contribution < -0.4 is 5.32 Å². The second-order valence-electron chi connectivity index (χ2n) is 5.63. The normalized spacial score (nSPS) is 11.5. The summed E-state index contributed by atoms with van der Waals surface area (Å²) in [5.41, 5.74) is 1.23. The van der Waals surface area contributed by atoms with E-state index in [0.717, 1.165) is 5.56 Å². The molecule has 0 aliphatic carbocycles. The molecule has 0 fully saturated rings. The molecule has 1 aromatic heterocycles. The van der Waals surface area contributed by atoms with Crippen molar-refractivity contribution in [2.75, 3.05) is 5.32 Å². The van der Waals surface area contributed by atoms with Crippen LogP contribution in [-0.2, 0) is 5.41 Å². The van der Waals surface area contributed by atoms with Crippen LogP contribution in [0.25, 0.3) is 0 Å². The van der Waals surface area contributed by atoms with Gasteiger partial charge in [-0.25, -0.2) is 0 Å². The summed E-state index contributed by atoms with van der Waals surface area (Å²) in [4.78, 5) is 0. The Hall–Kier alpha value is -2.04. The van der Waals surface area contributed by atoms with Crippen LogP contribution >= 0.6 is 23.2 Å². The number of para-hydroxylation sites is 1. The molecule has 0 spiro atoms. The molecule has 3 rings (SSSR count). The van der Waals surface area contributed by atoms with Gasteiger partial charge in [-0.05, 0) is 31.5 Å². The molecule has 6 heteroatoms. The van der Waals surface area contributed by atoms with E-state index in [0.29, 0.717) is 21.6 Å². The maximum Gasteiger partial charge on any atom is 0.320 e. The Balaban J connectivity index is 1.89. The molecule has 0 unspecified atom stereocenters. The van der Waals surface area contributed by atoms with E-state index in [1.165, 1.54) is 0 Å². The third kappa shape index (κ3) is 3.19. The summed E-state index contributed by atoms with van der Waals surface area (Å²) in [5, 5.41) is 12.1. The van der Waals surface area contributed by atoms with E-state index in [9.17, 15) is 0 Å². The molecule has 0 amide bonds. The zero-order valence-electron chi connectivity index (χ0n) is 12.7. The number of halogens is 2. The number of hydrogen-bond donors (Lipinski definition) is 1. The molecule has 2 aromatic carbocycles. The highest BCUT2D eigenvalue weighted by Gasteiger charge is 2.29. The van der Waals surface area contributed by atoms with Crippen LogP contribution in [0, 0.1) is 0 Å². The van der Waals surface area contributed by atoms with Crippen LogP contribution in [0.4, 0.5) is 11.7 Å². The molecule has 1 N–H and O–H groups in total. The van der Waals surface area contributed by atoms with E-state index in [2.05, 4.69) is 15.5 Å². The average molecular weight is 348 g/mol. The van der Waals surface area contributed by atoms with Crippen LogP contribution in [0.1, 0.15) is 25.3 Å². The van der Waals surface area contributed by atoms with E-state index in [1.807, 2.05) is 44.2 Å². The molecule has 23 heavy (non-hydrogen) atoms. The van der Waals surface area contributed by atoms with E-state index < -0.39 is 5.41 Å². The Bertz CT molecular complexity index is 795. The van der Waals surface area contributed by atoms with Crippen molar-refractivity contribution in [3.05, 3.63) is 70.0 Å². The predicted octanol–water partition coefficient (Wildman–Crippen LogP) is 5.45. The maximum absolute atomic E-state index is 6.14. The summed E-state index contributed by atoms with van der Waals surface area (Å²) in [7, 11) is 0. The van der Waals surface area contributed by atoms with Gasteiger partial charge in [0.15, 0.2) is 0 Å². The van der Waals surface area contributed by atoms with Gasteiger partial charge >= 0.3 is 6.01 Å². The largest absolute Gasteiger partial charge is 0.407 e. The van der Waals surface area contributed by atoms with Crippen LogP contribution in [-0.4, -0.2) is 10.2 Å². The Morgan fingerprint density at radius 1 is 0.913 bits per heavy atom. The van der Waals surface area contributed by atoms with Crippen molar-refractivity contribution < 1.29 is 4.42 Å². The number of hydrogen-bond acceptors (Lipinski definition) is 4. The monoisotopic (exact) mass is 347 g/mol. The van der Waals surface area contributed by atoms with Gasteiger partial charge in [0.2, 0.25) is 5.89 Å². The highest BCUT2D eigenvalue weighted by molar-refractivity contribution is 6.39. The minimum Gasteiger partial charge on any atom is -0.407 e. The van der Waals surface area contributed by atoms with E-state index in [4.69, 9.17) is 27.6 Å². The SMILES string of the molecule is CC(C)(c1ccccc1)c1nnc(Nc2c(Cl)cccc2Cl)o1. The quantitative estimate of drug-likeness (QED) is 0.681. The van der Waals surface area contributed by atoms with Gasteiger partial charge in [0, 0.05) is 0 Å². The topological polar surface area (TPSA) is 51.0 Å². The van der Waals surface area contributed by atoms with Crippen LogP contribution in [0.2, 0.25) is 10.0 Å². The van der Waals surface area contributed by atoms with Gasteiger partial charge in [0.05, 0.1) is 21.1 Å². The molecule has 4 nitrogen and oxygen atoms in total. The lowest BCUT2D eigenvalue weighted by Gasteiger charge is -2.20. The summed E-state index contributed by atoms with van der Waals surface area (Å²) in [6.45, 7) is 4.06. The van der Waals surface area contributed by atoms with Gasteiger partial charge in [-0.1, -0.05) is 64.7 Å². The first-order valence-electron chi connectivity index (χ1n) is 7.09. The maximum atomic E-state index is 6.14. The van der Waals surface area contributed by atoms with Crippen molar-refractivity contribution in [2.45, 2.75) is 19.3 Å². The number of nitrogens with zero attached hydrogens (tertiary/aromatic N) is 2. The number of benzene rings is 2. The van der Waals surface area contributed by atoms with Crippen LogP contribution in [0.5, 0.6) is 0 Å². The van der Waals surface area contributed by atoms with Crippen molar-refractivity contribution >= 4 is 34.9 Å². The molecule has 0 saturated carbocycles. The average Bonchev–Trinajstić information content (AvgIpc) is 3.01. The second kappa shape index (κ2) is 6.22. The Labute approximate surface area is 144 Å². The molecule has 0 saturated heterocycles. The third-order valence-corrected chi connectivity index (χ3v) is 4.28. The lowest BCUT2D eigenvalue weighted by atomic mass is 9.85. The van der Waals surface area contributed by atoms with Gasteiger partial charge in [-0.2, -0.15) is 0 Å². The molecule has 0 aliphatic rings.